The lowest BCUT2D eigenvalue weighted by Crippen LogP contribution is -2.16. The molecule has 0 radical (unpaired) electrons. The van der Waals surface area contributed by atoms with Gasteiger partial charge in [-0.2, -0.15) is 5.10 Å². The summed E-state index contributed by atoms with van der Waals surface area (Å²) in [6.07, 6.45) is 1.37. The number of benzene rings is 1. The van der Waals surface area contributed by atoms with Crippen LogP contribution in [0.25, 0.3) is 0 Å². The largest absolute Gasteiger partial charge is 0.321 e. The van der Waals surface area contributed by atoms with Gasteiger partial charge in [0.2, 0.25) is 0 Å². The molecular weight excluding hydrogens is 272 g/mol. The highest BCUT2D eigenvalue weighted by Crippen LogP contribution is 2.18. The maximum atomic E-state index is 11.9. The van der Waals surface area contributed by atoms with Crippen molar-refractivity contribution >= 4 is 28.9 Å². The number of carbonyl (C=O) groups is 1. The topological polar surface area (TPSA) is 90.1 Å². The normalized spacial score (nSPS) is 10.2. The lowest BCUT2D eigenvalue weighted by molar-refractivity contribution is -0.384. The van der Waals surface area contributed by atoms with Crippen molar-refractivity contribution in [3.63, 3.8) is 0 Å². The van der Waals surface area contributed by atoms with Crippen LogP contribution in [0.2, 0.25) is 5.02 Å². The Kier molecular flexibility index (Phi) is 3.48. The minimum absolute atomic E-state index is 0.0448. The van der Waals surface area contributed by atoms with Crippen molar-refractivity contribution in [3.05, 3.63) is 51.3 Å². The summed E-state index contributed by atoms with van der Waals surface area (Å²) in [6.45, 7) is 0. The fourth-order valence-electron chi connectivity index (χ4n) is 1.52. The molecule has 1 aromatic heterocycles. The number of nitrogens with zero attached hydrogens (tertiary/aromatic N) is 3. The second-order valence-corrected chi connectivity index (χ2v) is 4.13. The van der Waals surface area contributed by atoms with Gasteiger partial charge in [-0.25, -0.2) is 0 Å². The van der Waals surface area contributed by atoms with Crippen LogP contribution >= 0.6 is 11.6 Å². The molecule has 1 amide bonds. The van der Waals surface area contributed by atoms with Gasteiger partial charge in [-0.3, -0.25) is 19.6 Å². The van der Waals surface area contributed by atoms with Gasteiger partial charge in [0.05, 0.1) is 16.1 Å². The number of hydrogen-bond acceptors (Lipinski definition) is 4. The van der Waals surface area contributed by atoms with Crippen LogP contribution < -0.4 is 5.32 Å². The van der Waals surface area contributed by atoms with Crippen molar-refractivity contribution in [2.75, 3.05) is 5.32 Å². The first-order chi connectivity index (χ1) is 8.99. The van der Waals surface area contributed by atoms with E-state index in [0.29, 0.717) is 5.69 Å². The molecule has 2 aromatic rings. The number of aromatic nitrogens is 2. The molecule has 0 saturated heterocycles. The number of nitrogens with one attached hydrogen (secondary N) is 1. The molecule has 0 unspecified atom stereocenters. The Hall–Kier alpha value is -2.41. The number of amides is 1. The smallest absolute Gasteiger partial charge is 0.275 e. The van der Waals surface area contributed by atoms with E-state index in [1.807, 2.05) is 0 Å². The number of nitro groups is 1. The first kappa shape index (κ1) is 13.0. The number of non-ortho nitro benzene ring substituents is 1. The van der Waals surface area contributed by atoms with Gasteiger partial charge >= 0.3 is 0 Å². The lowest BCUT2D eigenvalue weighted by Gasteiger charge is -2.05. The molecule has 1 aromatic carbocycles. The summed E-state index contributed by atoms with van der Waals surface area (Å²) in [6, 6.07) is 5.50. The summed E-state index contributed by atoms with van der Waals surface area (Å²) < 4.78 is 1.35. The van der Waals surface area contributed by atoms with Crippen molar-refractivity contribution < 1.29 is 9.72 Å². The zero-order valence-corrected chi connectivity index (χ0v) is 10.6. The average molecular weight is 281 g/mol. The quantitative estimate of drug-likeness (QED) is 0.689. The number of anilines is 1. The molecule has 0 spiro atoms. The summed E-state index contributed by atoms with van der Waals surface area (Å²) in [5.74, 6) is -0.432. The van der Waals surface area contributed by atoms with Crippen LogP contribution in [-0.4, -0.2) is 20.6 Å². The molecule has 2 rings (SSSR count). The van der Waals surface area contributed by atoms with Gasteiger partial charge in [-0.05, 0) is 12.1 Å². The molecule has 0 aliphatic carbocycles. The van der Waals surface area contributed by atoms with E-state index in [9.17, 15) is 14.9 Å². The molecule has 19 heavy (non-hydrogen) atoms. The summed E-state index contributed by atoms with van der Waals surface area (Å²) in [7, 11) is 1.59. The van der Waals surface area contributed by atoms with E-state index in [1.54, 1.807) is 7.05 Å². The Morgan fingerprint density at radius 2 is 2.05 bits per heavy atom. The molecule has 0 aliphatic rings. The molecule has 0 saturated carbocycles. The molecule has 7 nitrogen and oxygen atoms in total. The number of carbonyl (C=O) groups excluding carboxylic acids is 1. The van der Waals surface area contributed by atoms with E-state index in [-0.39, 0.29) is 16.4 Å². The lowest BCUT2D eigenvalue weighted by atomic mass is 10.2. The first-order valence-corrected chi connectivity index (χ1v) is 5.60. The predicted octanol–water partition coefficient (Wildman–Crippen LogP) is 2.23. The van der Waals surface area contributed by atoms with E-state index >= 15 is 0 Å². The van der Waals surface area contributed by atoms with E-state index in [4.69, 9.17) is 11.6 Å². The second kappa shape index (κ2) is 5.07. The average Bonchev–Trinajstić information content (AvgIpc) is 2.69. The van der Waals surface area contributed by atoms with Crippen LogP contribution in [0.1, 0.15) is 10.5 Å². The summed E-state index contributed by atoms with van der Waals surface area (Å²) >= 11 is 5.84. The number of hydrogen-bond donors (Lipinski definition) is 1. The highest BCUT2D eigenvalue weighted by Gasteiger charge is 2.16. The van der Waals surface area contributed by atoms with Crippen LogP contribution in [-0.2, 0) is 7.05 Å². The third-order valence-electron chi connectivity index (χ3n) is 2.45. The van der Waals surface area contributed by atoms with Gasteiger partial charge in [0, 0.05) is 24.9 Å². The Labute approximate surface area is 112 Å². The van der Waals surface area contributed by atoms with Gasteiger partial charge < -0.3 is 5.32 Å². The van der Waals surface area contributed by atoms with Gasteiger partial charge in [0.25, 0.3) is 11.6 Å². The Bertz CT molecular complexity index is 616. The molecule has 0 aliphatic heterocycles. The van der Waals surface area contributed by atoms with Gasteiger partial charge in [-0.15, -0.1) is 0 Å². The van der Waals surface area contributed by atoms with Crippen LogP contribution in [0.5, 0.6) is 0 Å². The molecule has 0 bridgehead atoms. The monoisotopic (exact) mass is 280 g/mol. The summed E-state index contributed by atoms with van der Waals surface area (Å²) in [5, 5.41) is 17.2. The molecule has 1 N–H and O–H groups in total. The van der Waals surface area contributed by atoms with Crippen LogP contribution in [0.3, 0.4) is 0 Å². The maximum absolute atomic E-state index is 11.9. The van der Waals surface area contributed by atoms with Crippen molar-refractivity contribution in [1.82, 2.24) is 9.78 Å². The molecule has 8 heteroatoms. The van der Waals surface area contributed by atoms with Crippen molar-refractivity contribution in [3.8, 4) is 0 Å². The van der Waals surface area contributed by atoms with Gasteiger partial charge in [0.1, 0.15) is 5.69 Å². The molecule has 0 fully saturated rings. The fourth-order valence-corrected chi connectivity index (χ4v) is 1.77. The van der Waals surface area contributed by atoms with Crippen molar-refractivity contribution in [1.29, 1.82) is 0 Å². The fraction of sp³-hybridized carbons (Fsp3) is 0.0909. The highest BCUT2D eigenvalue weighted by atomic mass is 35.5. The zero-order valence-electron chi connectivity index (χ0n) is 9.83. The zero-order chi connectivity index (χ0) is 14.0. The van der Waals surface area contributed by atoms with E-state index in [1.165, 1.54) is 35.1 Å². The number of aryl methyl sites for hydroxylation is 1. The minimum atomic E-state index is -0.510. The number of rotatable bonds is 3. The second-order valence-electron chi connectivity index (χ2n) is 3.72. The Balaban J connectivity index is 2.17. The predicted molar refractivity (Wildman–Crippen MR) is 69.3 cm³/mol. The van der Waals surface area contributed by atoms with Crippen LogP contribution in [0.4, 0.5) is 11.4 Å². The van der Waals surface area contributed by atoms with Gasteiger partial charge in [0.15, 0.2) is 0 Å². The molecule has 1 heterocycles. The van der Waals surface area contributed by atoms with E-state index < -0.39 is 10.8 Å². The maximum Gasteiger partial charge on any atom is 0.275 e. The van der Waals surface area contributed by atoms with Crippen LogP contribution in [0.15, 0.2) is 30.5 Å². The SMILES string of the molecule is Cn1ncc(Cl)c1C(=O)Nc1ccc([N+](=O)[O-])cc1. The number of halogens is 1. The summed E-state index contributed by atoms with van der Waals surface area (Å²) in [4.78, 5) is 21.9. The van der Waals surface area contributed by atoms with E-state index in [0.717, 1.165) is 0 Å². The Morgan fingerprint density at radius 1 is 1.42 bits per heavy atom. The first-order valence-electron chi connectivity index (χ1n) is 5.22. The molecule has 98 valence electrons. The van der Waals surface area contributed by atoms with Crippen molar-refractivity contribution in [2.24, 2.45) is 7.05 Å². The van der Waals surface area contributed by atoms with Gasteiger partial charge in [-0.1, -0.05) is 11.6 Å². The molecular formula is C11H9ClN4O3. The van der Waals surface area contributed by atoms with Crippen molar-refractivity contribution in [2.45, 2.75) is 0 Å². The Morgan fingerprint density at radius 3 is 2.53 bits per heavy atom. The highest BCUT2D eigenvalue weighted by molar-refractivity contribution is 6.34. The standard InChI is InChI=1S/C11H9ClN4O3/c1-15-10(9(12)6-13-15)11(17)14-7-2-4-8(5-3-7)16(18)19/h2-6H,1H3,(H,14,17). The molecule has 0 atom stereocenters. The van der Waals surface area contributed by atoms with Crippen LogP contribution in [0, 0.1) is 10.1 Å². The summed E-state index contributed by atoms with van der Waals surface area (Å²) in [5.41, 5.74) is 0.615. The third-order valence-corrected chi connectivity index (χ3v) is 2.72. The third kappa shape index (κ3) is 2.71. The van der Waals surface area contributed by atoms with E-state index in [2.05, 4.69) is 10.4 Å². The minimum Gasteiger partial charge on any atom is -0.321 e. The number of nitro benzene ring substituents is 1.